The molecule has 5 heterocycles. The molecule has 0 bridgehead atoms. The number of ether oxygens (including phenoxy) is 1. The summed E-state index contributed by atoms with van der Waals surface area (Å²) in [6.07, 6.45) is 9.68. The zero-order valence-electron chi connectivity index (χ0n) is 34.1. The van der Waals surface area contributed by atoms with Crippen LogP contribution in [0.15, 0.2) is 86.0 Å². The second-order valence-corrected chi connectivity index (χ2v) is 29.5. The average molecular weight is 1540 g/mol. The molecule has 0 amide bonds. The first kappa shape index (κ1) is 66.5. The van der Waals surface area contributed by atoms with Crippen LogP contribution in [0.1, 0.15) is 65.0 Å². The van der Waals surface area contributed by atoms with Gasteiger partial charge in [-0.05, 0) is 64.8 Å². The van der Waals surface area contributed by atoms with Crippen LogP contribution in [0.4, 0.5) is 17.6 Å². The van der Waals surface area contributed by atoms with Crippen molar-refractivity contribution in [2.24, 2.45) is 0 Å². The Morgan fingerprint density at radius 3 is 1.81 bits per heavy atom. The van der Waals surface area contributed by atoms with Crippen LogP contribution in [0.25, 0.3) is 0 Å². The number of benzene rings is 2. The maximum Gasteiger partial charge on any atom is 1.00 e. The van der Waals surface area contributed by atoms with E-state index in [1.165, 1.54) is 79.1 Å². The van der Waals surface area contributed by atoms with E-state index in [4.69, 9.17) is 10.00 Å². The number of piperidine rings is 2. The third-order valence-electron chi connectivity index (χ3n) is 9.56. The van der Waals surface area contributed by atoms with Crippen molar-refractivity contribution in [1.82, 2.24) is 39.7 Å². The average Bonchev–Trinajstić information content (AvgIpc) is 3.56. The molecule has 7 rings (SSSR count). The van der Waals surface area contributed by atoms with E-state index in [9.17, 15) is 22.7 Å². The molecule has 3 N–H and O–H groups in total. The zero-order valence-corrected chi connectivity index (χ0v) is 47.2. The Bertz CT molecular complexity index is 1870. The van der Waals surface area contributed by atoms with Crippen molar-refractivity contribution in [2.75, 3.05) is 26.2 Å². The first-order chi connectivity index (χ1) is 27.7. The van der Waals surface area contributed by atoms with Gasteiger partial charge < -0.3 is 20.6 Å². The van der Waals surface area contributed by atoms with Crippen molar-refractivity contribution >= 4 is 98.4 Å². The van der Waals surface area contributed by atoms with Gasteiger partial charge in [0.25, 0.3) is 0 Å². The normalized spacial score (nSPS) is 18.7. The van der Waals surface area contributed by atoms with Crippen LogP contribution in [0, 0.1) is 34.6 Å². The van der Waals surface area contributed by atoms with Crippen LogP contribution in [-0.4, -0.2) is 83.3 Å². The summed E-state index contributed by atoms with van der Waals surface area (Å²) in [7, 11) is 0. The molecule has 2 aromatic carbocycles. The van der Waals surface area contributed by atoms with Crippen molar-refractivity contribution in [3.05, 3.63) is 120 Å². The molecule has 0 unspecified atom stereocenters. The number of nitrogens with one attached hydrogen (secondary N) is 1. The van der Waals surface area contributed by atoms with Crippen LogP contribution >= 0.6 is 98.4 Å². The van der Waals surface area contributed by atoms with E-state index in [0.29, 0.717) is 25.4 Å². The van der Waals surface area contributed by atoms with E-state index in [0.717, 1.165) is 57.2 Å². The Morgan fingerprint density at radius 1 is 0.952 bits per heavy atom. The summed E-state index contributed by atoms with van der Waals surface area (Å²) in [4.78, 5) is 9.82. The third-order valence-corrected chi connectivity index (χ3v) is 9.56. The predicted octanol–water partition coefficient (Wildman–Crippen LogP) is 4.44. The summed E-state index contributed by atoms with van der Waals surface area (Å²) >= 11 is 9.54. The van der Waals surface area contributed by atoms with Gasteiger partial charge in [0.2, 0.25) is 0 Å². The van der Waals surface area contributed by atoms with Gasteiger partial charge in [-0.1, -0.05) is 43.9 Å². The molecule has 62 heavy (non-hydrogen) atoms. The molecule has 3 fully saturated rings. The maximum absolute atomic E-state index is 14.5. The number of likely N-dealkylation sites (tertiary alicyclic amines) is 1. The molecule has 4 atom stereocenters. The van der Waals surface area contributed by atoms with Gasteiger partial charge in [-0.3, -0.25) is 4.90 Å². The fraction of sp³-hybridized carbons (Fsp3) is 0.462. The van der Waals surface area contributed by atoms with Gasteiger partial charge in [-0.2, -0.15) is 15.5 Å². The maximum atomic E-state index is 14.5. The number of hydrogen-bond donors (Lipinski definition) is 2. The zero-order chi connectivity index (χ0) is 43.3. The van der Waals surface area contributed by atoms with E-state index in [1.807, 2.05) is 13.8 Å². The summed E-state index contributed by atoms with van der Waals surface area (Å²) in [5.41, 5.74) is 0.638. The molecule has 12 nitrogen and oxygen atoms in total. The minimum Gasteiger partial charge on any atom is -0.870 e. The Hall–Kier alpha value is 0.187. The first-order valence-electron chi connectivity index (χ1n) is 17.8. The summed E-state index contributed by atoms with van der Waals surface area (Å²) in [5.74, 6) is -2.64. The standard InChI is InChI=1S/C18H22F2N4O.C12H11F2N3O.C6H11N.C2H3N.CH4.I3.I2.HI.Li.H2O/c1-13-5-7-23(8-6-13)14(2)18(25,10-24-12-21-11-22-24)16-4-3-15(19)9-17(16)20;1-8-12(18-8,5-17-7-15-6-16-17)10-3-2-9(13)4-11(10)14;1-6-2-4-7-5-3-6;1-2-3;;1-3-2;1-2;;;/h3-4,9,11-12,14,25H,1,5-8,10H2,2H3;2-4,6-8H,5H2,1H3;7H,1-5H2;1H3;1H4;;;1H;;1H2/q;;;;;-1;;;+1;/p-1/t14-,18-;8-,12+;;;;;;;;/m10......../s1. The van der Waals surface area contributed by atoms with Gasteiger partial charge in [0.1, 0.15) is 59.8 Å². The molecule has 344 valence electrons. The Balaban J connectivity index is -0.000000824. The Labute approximate surface area is 445 Å². The molecule has 23 heteroatoms. The Kier molecular flexibility index (Phi) is 37.9. The van der Waals surface area contributed by atoms with Crippen molar-refractivity contribution in [3.8, 4) is 6.07 Å². The van der Waals surface area contributed by atoms with E-state index in [2.05, 4.69) is 118 Å². The third kappa shape index (κ3) is 21.4. The molecule has 4 aromatic rings. The smallest absolute Gasteiger partial charge is 0.870 e. The number of halogens is 10. The summed E-state index contributed by atoms with van der Waals surface area (Å²) < 4.78 is 63.1. The number of aromatic nitrogens is 6. The summed E-state index contributed by atoms with van der Waals surface area (Å²) in [5, 5.41) is 30.1. The van der Waals surface area contributed by atoms with Crippen LogP contribution in [0.2, 0.25) is 0 Å². The van der Waals surface area contributed by atoms with Gasteiger partial charge in [0, 0.05) is 86.5 Å². The molecule has 0 spiro atoms. The molecule has 3 aliphatic rings. The van der Waals surface area contributed by atoms with E-state index >= 15 is 0 Å². The molecule has 0 saturated carbocycles. The van der Waals surface area contributed by atoms with Gasteiger partial charge in [-0.15, -0.1) is 24.0 Å². The largest absolute Gasteiger partial charge is 1.00 e. The number of aliphatic hydroxyl groups is 1. The fourth-order valence-corrected chi connectivity index (χ4v) is 6.36. The van der Waals surface area contributed by atoms with Crippen LogP contribution in [0.3, 0.4) is 0 Å². The number of nitriles is 1. The topological polar surface area (TPSA) is 163 Å². The van der Waals surface area contributed by atoms with Crippen molar-refractivity contribution in [3.63, 3.8) is 0 Å². The Morgan fingerprint density at radius 2 is 1.40 bits per heavy atom. The predicted molar refractivity (Wildman–Crippen MR) is 271 cm³/mol. The van der Waals surface area contributed by atoms with Gasteiger partial charge in [0.15, 0.2) is 0 Å². The number of hydrogen-bond acceptors (Lipinski definition) is 10. The summed E-state index contributed by atoms with van der Waals surface area (Å²) in [6.45, 7) is 17.1. The molecule has 3 aliphatic heterocycles. The van der Waals surface area contributed by atoms with Crippen LogP contribution < -0.4 is 37.4 Å². The fourth-order valence-electron chi connectivity index (χ4n) is 6.36. The van der Waals surface area contributed by atoms with Crippen LogP contribution in [0.5, 0.6) is 0 Å². The first-order valence-corrected chi connectivity index (χ1v) is 36.7. The van der Waals surface area contributed by atoms with Crippen molar-refractivity contribution < 1.29 is 65.0 Å². The van der Waals surface area contributed by atoms with E-state index < -0.39 is 40.5 Å². The van der Waals surface area contributed by atoms with Gasteiger partial charge in [0.05, 0.1) is 25.3 Å². The summed E-state index contributed by atoms with van der Waals surface area (Å²) in [6, 6.07) is 8.14. The molecular weight excluding hydrogens is 1490 g/mol. The van der Waals surface area contributed by atoms with E-state index in [1.54, 1.807) is 10.8 Å². The number of rotatable bonds is 8. The molecule has 2 aromatic heterocycles. The van der Waals surface area contributed by atoms with Crippen LogP contribution in [-0.2, 0) is 29.0 Å². The minimum atomic E-state index is -1.58. The monoisotopic (exact) mass is 1540 g/mol. The second-order valence-electron chi connectivity index (χ2n) is 13.2. The van der Waals surface area contributed by atoms with Gasteiger partial charge >= 0.3 is 69.3 Å². The quantitative estimate of drug-likeness (QED) is 0.0849. The minimum absolute atomic E-state index is 0. The second kappa shape index (κ2) is 35.3. The number of nitrogens with zero attached hydrogens (tertiary/aromatic N) is 8. The molecular formula is C39H53F4I6LiN9O3-. The molecule has 3 saturated heterocycles. The molecule has 0 aliphatic carbocycles. The molecule has 0 radical (unpaired) electrons. The number of epoxide rings is 1. The van der Waals surface area contributed by atoms with Gasteiger partial charge in [-0.25, -0.2) is 36.9 Å². The van der Waals surface area contributed by atoms with Crippen molar-refractivity contribution in [1.29, 1.82) is 5.26 Å². The van der Waals surface area contributed by atoms with Crippen molar-refractivity contribution in [2.45, 2.75) is 90.3 Å². The van der Waals surface area contributed by atoms with E-state index in [-0.39, 0.29) is 74.0 Å². The SMILES string of the molecule is C.C=C1CCN([C@H](C)[C@](O)(Cn2cncn2)c2ccc(F)cc2F)CC1.C=C1CCNCC1.CC#N.C[C@@H]1O[C@@]1(Cn1cncn1)c1ccc(F)cc1F.I.II.I[I-]I.[Li+].[OH-].